The largest absolute Gasteiger partial charge is 0.352 e. The summed E-state index contributed by atoms with van der Waals surface area (Å²) < 4.78 is 2.45. The number of piperidine rings is 1. The molecule has 35 heavy (non-hydrogen) atoms. The number of likely N-dealkylation sites (tertiary alicyclic amines) is 1. The molecule has 3 aromatic carbocycles. The molecule has 0 radical (unpaired) electrons. The molecule has 0 spiro atoms. The van der Waals surface area contributed by atoms with Crippen LogP contribution in [-0.2, 0) is 24.4 Å². The molecule has 1 N–H and O–H groups in total. The highest BCUT2D eigenvalue weighted by Gasteiger charge is 2.25. The normalized spacial score (nSPS) is 14.9. The number of nitrogens with one attached hydrogen (secondary N) is 1. The number of nitrogens with zero attached hydrogens (tertiary/aromatic N) is 2. The molecule has 1 aliphatic rings. The quantitative estimate of drug-likeness (QED) is 0.339. The predicted octanol–water partition coefficient (Wildman–Crippen LogP) is 6.18. The molecule has 1 aliphatic heterocycles. The molecule has 5 rings (SSSR count). The number of aryl methyl sites for hydroxylation is 1. The Morgan fingerprint density at radius 3 is 2.46 bits per heavy atom. The van der Waals surface area contributed by atoms with Crippen LogP contribution in [0.5, 0.6) is 0 Å². The molecule has 1 saturated heterocycles. The van der Waals surface area contributed by atoms with Crippen molar-refractivity contribution < 1.29 is 4.79 Å². The number of hydrogen-bond donors (Lipinski definition) is 1. The zero-order valence-corrected chi connectivity index (χ0v) is 21.0. The molecule has 4 nitrogen and oxygen atoms in total. The lowest BCUT2D eigenvalue weighted by Crippen LogP contribution is -2.40. The van der Waals surface area contributed by atoms with Gasteiger partial charge in [0.2, 0.25) is 5.91 Å². The number of benzene rings is 3. The number of carbonyl (C=O) groups excluding carboxylic acids is 1. The molecular formula is C30H32ClN3O. The molecule has 5 heteroatoms. The second kappa shape index (κ2) is 10.7. The van der Waals surface area contributed by atoms with Crippen molar-refractivity contribution in [2.75, 3.05) is 13.1 Å². The van der Waals surface area contributed by atoms with Crippen molar-refractivity contribution in [3.05, 3.63) is 106 Å². The fraction of sp³-hybridized carbons (Fsp3) is 0.300. The Morgan fingerprint density at radius 2 is 1.69 bits per heavy atom. The Hall–Kier alpha value is -3.08. The maximum absolute atomic E-state index is 12.8. The van der Waals surface area contributed by atoms with Gasteiger partial charge in [0.25, 0.3) is 0 Å². The molecule has 4 aromatic rings. The molecule has 0 unspecified atom stereocenters. The summed E-state index contributed by atoms with van der Waals surface area (Å²) in [7, 11) is 0. The van der Waals surface area contributed by atoms with Gasteiger partial charge in [0, 0.05) is 41.8 Å². The lowest BCUT2D eigenvalue weighted by atomic mass is 9.95. The third kappa shape index (κ3) is 5.77. The van der Waals surface area contributed by atoms with Gasteiger partial charge in [-0.2, -0.15) is 0 Å². The van der Waals surface area contributed by atoms with Crippen LogP contribution in [0.1, 0.15) is 35.2 Å². The van der Waals surface area contributed by atoms with Gasteiger partial charge in [0.15, 0.2) is 0 Å². The number of fused-ring (bicyclic) bond motifs is 1. The first-order valence-corrected chi connectivity index (χ1v) is 12.8. The van der Waals surface area contributed by atoms with Crippen LogP contribution < -0.4 is 5.32 Å². The second-order valence-corrected chi connectivity index (χ2v) is 10.1. The molecule has 0 atom stereocenters. The Labute approximate surface area is 212 Å². The van der Waals surface area contributed by atoms with E-state index in [2.05, 4.69) is 76.3 Å². The average molecular weight is 486 g/mol. The van der Waals surface area contributed by atoms with E-state index in [4.69, 9.17) is 11.6 Å². The maximum Gasteiger partial charge on any atom is 0.223 e. The maximum atomic E-state index is 12.8. The van der Waals surface area contributed by atoms with Crippen molar-refractivity contribution in [1.29, 1.82) is 0 Å². The fourth-order valence-electron chi connectivity index (χ4n) is 5.02. The van der Waals surface area contributed by atoms with Gasteiger partial charge in [0.05, 0.1) is 0 Å². The van der Waals surface area contributed by atoms with Crippen molar-refractivity contribution in [2.45, 2.75) is 39.4 Å². The number of hydrogen-bond acceptors (Lipinski definition) is 2. The van der Waals surface area contributed by atoms with E-state index in [1.165, 1.54) is 27.7 Å². The summed E-state index contributed by atoms with van der Waals surface area (Å²) in [6.45, 7) is 6.28. The molecule has 180 valence electrons. The lowest BCUT2D eigenvalue weighted by molar-refractivity contribution is -0.126. The summed E-state index contributed by atoms with van der Waals surface area (Å²) in [6, 6.07) is 27.4. The first-order valence-electron chi connectivity index (χ1n) is 12.4. The Morgan fingerprint density at radius 1 is 0.914 bits per heavy atom. The van der Waals surface area contributed by atoms with Crippen molar-refractivity contribution in [3.63, 3.8) is 0 Å². The minimum Gasteiger partial charge on any atom is -0.352 e. The fourth-order valence-corrected chi connectivity index (χ4v) is 5.24. The number of halogens is 1. The zero-order chi connectivity index (χ0) is 24.2. The standard InChI is InChI=1S/C30H32ClN3O/c1-22-9-11-23(12-10-22)20-34-28(18-26-6-2-3-8-29(26)34)21-33-15-13-25(14-16-33)30(35)32-19-24-5-4-7-27(31)17-24/h2-12,17-18,25H,13-16,19-21H2,1H3,(H,32,35). The minimum absolute atomic E-state index is 0.0730. The molecule has 1 fully saturated rings. The van der Waals surface area contributed by atoms with Gasteiger partial charge in [-0.25, -0.2) is 0 Å². The molecule has 0 saturated carbocycles. The zero-order valence-electron chi connectivity index (χ0n) is 20.2. The molecule has 0 aliphatic carbocycles. The van der Waals surface area contributed by atoms with E-state index in [-0.39, 0.29) is 11.8 Å². The minimum atomic E-state index is 0.0730. The van der Waals surface area contributed by atoms with Gasteiger partial charge < -0.3 is 9.88 Å². The molecule has 2 heterocycles. The number of rotatable bonds is 7. The number of amides is 1. The smallest absolute Gasteiger partial charge is 0.223 e. The summed E-state index contributed by atoms with van der Waals surface area (Å²) >= 11 is 6.06. The van der Waals surface area contributed by atoms with Gasteiger partial charge in [-0.1, -0.05) is 71.8 Å². The van der Waals surface area contributed by atoms with Crippen molar-refractivity contribution >= 4 is 28.4 Å². The van der Waals surface area contributed by atoms with Crippen molar-refractivity contribution in [3.8, 4) is 0 Å². The first kappa shape index (κ1) is 23.7. The van der Waals surface area contributed by atoms with E-state index in [1.807, 2.05) is 24.3 Å². The van der Waals surface area contributed by atoms with Crippen LogP contribution in [0, 0.1) is 12.8 Å². The van der Waals surface area contributed by atoms with Gasteiger partial charge in [0.1, 0.15) is 0 Å². The van der Waals surface area contributed by atoms with E-state index in [9.17, 15) is 4.79 Å². The predicted molar refractivity (Wildman–Crippen MR) is 144 cm³/mol. The Balaban J connectivity index is 1.22. The highest BCUT2D eigenvalue weighted by molar-refractivity contribution is 6.30. The van der Waals surface area contributed by atoms with Gasteiger partial charge in [-0.05, 0) is 73.6 Å². The van der Waals surface area contributed by atoms with Crippen LogP contribution in [0.25, 0.3) is 10.9 Å². The topological polar surface area (TPSA) is 37.3 Å². The van der Waals surface area contributed by atoms with Crippen LogP contribution in [0.2, 0.25) is 5.02 Å². The van der Waals surface area contributed by atoms with E-state index >= 15 is 0 Å². The SMILES string of the molecule is Cc1ccc(Cn2c(CN3CCC(C(=O)NCc4cccc(Cl)c4)CC3)cc3ccccc32)cc1. The van der Waals surface area contributed by atoms with Crippen LogP contribution >= 0.6 is 11.6 Å². The summed E-state index contributed by atoms with van der Waals surface area (Å²) in [6.07, 6.45) is 1.78. The first-order chi connectivity index (χ1) is 17.0. The molecule has 0 bridgehead atoms. The summed E-state index contributed by atoms with van der Waals surface area (Å²) in [5, 5.41) is 5.08. The van der Waals surface area contributed by atoms with Crippen LogP contribution in [-0.4, -0.2) is 28.5 Å². The average Bonchev–Trinajstić information content (AvgIpc) is 3.21. The highest BCUT2D eigenvalue weighted by atomic mass is 35.5. The van der Waals surface area contributed by atoms with Crippen LogP contribution in [0.15, 0.2) is 78.9 Å². The third-order valence-electron chi connectivity index (χ3n) is 7.06. The Bertz CT molecular complexity index is 1300. The van der Waals surface area contributed by atoms with Gasteiger partial charge >= 0.3 is 0 Å². The molecular weight excluding hydrogens is 454 g/mol. The van der Waals surface area contributed by atoms with Gasteiger partial charge in [-0.3, -0.25) is 9.69 Å². The number of para-hydroxylation sites is 1. The van der Waals surface area contributed by atoms with E-state index < -0.39 is 0 Å². The summed E-state index contributed by atoms with van der Waals surface area (Å²) in [5.74, 6) is 0.224. The summed E-state index contributed by atoms with van der Waals surface area (Å²) in [4.78, 5) is 15.2. The highest BCUT2D eigenvalue weighted by Crippen LogP contribution is 2.25. The van der Waals surface area contributed by atoms with Crippen molar-refractivity contribution in [1.82, 2.24) is 14.8 Å². The monoisotopic (exact) mass is 485 g/mol. The van der Waals surface area contributed by atoms with E-state index in [0.717, 1.165) is 44.6 Å². The third-order valence-corrected chi connectivity index (χ3v) is 7.29. The molecule has 1 amide bonds. The molecule has 1 aromatic heterocycles. The second-order valence-electron chi connectivity index (χ2n) is 9.66. The number of aromatic nitrogens is 1. The van der Waals surface area contributed by atoms with Crippen molar-refractivity contribution in [2.24, 2.45) is 5.92 Å². The Kier molecular flexibility index (Phi) is 7.21. The summed E-state index contributed by atoms with van der Waals surface area (Å²) in [5.41, 5.74) is 6.23. The van der Waals surface area contributed by atoms with E-state index in [0.29, 0.717) is 11.6 Å². The van der Waals surface area contributed by atoms with Gasteiger partial charge in [-0.15, -0.1) is 0 Å². The van der Waals surface area contributed by atoms with Crippen LogP contribution in [0.3, 0.4) is 0 Å². The van der Waals surface area contributed by atoms with E-state index in [1.54, 1.807) is 0 Å². The lowest BCUT2D eigenvalue weighted by Gasteiger charge is -2.31. The number of carbonyl (C=O) groups is 1. The van der Waals surface area contributed by atoms with Crippen LogP contribution in [0.4, 0.5) is 0 Å².